The molecule has 2 N–H and O–H groups in total. The van der Waals surface area contributed by atoms with Crippen LogP contribution in [0.1, 0.15) is 12.5 Å². The number of nitrogens with zero attached hydrogens (tertiary/aromatic N) is 2. The van der Waals surface area contributed by atoms with Crippen molar-refractivity contribution in [3.05, 3.63) is 54.4 Å². The van der Waals surface area contributed by atoms with Crippen molar-refractivity contribution < 1.29 is 4.79 Å². The molecule has 4 rings (SSSR count). The number of aromatic amines is 1. The summed E-state index contributed by atoms with van der Waals surface area (Å²) in [5.41, 5.74) is 4.77. The summed E-state index contributed by atoms with van der Waals surface area (Å²) in [6.45, 7) is 2.07. The third-order valence-electron chi connectivity index (χ3n) is 4.10. The molecule has 1 atom stereocenters. The average molecular weight is 292 g/mol. The molecule has 110 valence electrons. The van der Waals surface area contributed by atoms with E-state index in [1.807, 2.05) is 41.3 Å². The highest BCUT2D eigenvalue weighted by molar-refractivity contribution is 6.04. The number of hydrogen-bond acceptors (Lipinski definition) is 2. The number of anilines is 2. The number of rotatable bonds is 1. The lowest BCUT2D eigenvalue weighted by molar-refractivity contribution is 0.256. The number of imidazole rings is 1. The van der Waals surface area contributed by atoms with E-state index in [2.05, 4.69) is 28.3 Å². The minimum atomic E-state index is -0.101. The number of H-pyrrole nitrogens is 1. The van der Waals surface area contributed by atoms with Crippen LogP contribution in [0, 0.1) is 0 Å². The lowest BCUT2D eigenvalue weighted by Crippen LogP contribution is -2.39. The van der Waals surface area contributed by atoms with E-state index < -0.39 is 0 Å². The van der Waals surface area contributed by atoms with Gasteiger partial charge in [-0.15, -0.1) is 0 Å². The lowest BCUT2D eigenvalue weighted by atomic mass is 10.1. The van der Waals surface area contributed by atoms with Crippen molar-refractivity contribution >= 4 is 28.4 Å². The first-order valence-electron chi connectivity index (χ1n) is 7.33. The van der Waals surface area contributed by atoms with Gasteiger partial charge in [-0.1, -0.05) is 18.2 Å². The Hall–Kier alpha value is -2.82. The Morgan fingerprint density at radius 3 is 3.09 bits per heavy atom. The number of benzene rings is 2. The van der Waals surface area contributed by atoms with Gasteiger partial charge in [-0.3, -0.25) is 4.90 Å². The summed E-state index contributed by atoms with van der Waals surface area (Å²) < 4.78 is 0. The Morgan fingerprint density at radius 1 is 1.32 bits per heavy atom. The van der Waals surface area contributed by atoms with E-state index in [-0.39, 0.29) is 12.1 Å². The first-order valence-corrected chi connectivity index (χ1v) is 7.33. The zero-order chi connectivity index (χ0) is 15.1. The highest BCUT2D eigenvalue weighted by Gasteiger charge is 2.30. The van der Waals surface area contributed by atoms with Crippen LogP contribution in [0.4, 0.5) is 16.2 Å². The fraction of sp³-hybridized carbons (Fsp3) is 0.176. The number of carbonyl (C=O) groups excluding carboxylic acids is 1. The number of carbonyl (C=O) groups is 1. The molecule has 2 aromatic carbocycles. The van der Waals surface area contributed by atoms with Gasteiger partial charge in [0, 0.05) is 17.4 Å². The van der Waals surface area contributed by atoms with Crippen LogP contribution in [0.15, 0.2) is 48.8 Å². The maximum atomic E-state index is 12.7. The third-order valence-corrected chi connectivity index (χ3v) is 4.10. The number of nitrogens with one attached hydrogen (secondary N) is 2. The minimum absolute atomic E-state index is 0.101. The molecule has 0 radical (unpaired) electrons. The molecule has 0 fully saturated rings. The van der Waals surface area contributed by atoms with Crippen LogP contribution in [0.25, 0.3) is 11.0 Å². The molecule has 0 aliphatic carbocycles. The Labute approximate surface area is 128 Å². The standard InChI is InChI=1S/C17H16N4O/c1-11-8-12-4-2-3-5-16(12)21(11)17(22)20-13-6-7-14-15(9-13)19-10-18-14/h2-7,9-11H,8H2,1H3,(H,18,19)(H,20,22). The van der Waals surface area contributed by atoms with Crippen molar-refractivity contribution in [1.29, 1.82) is 0 Å². The van der Waals surface area contributed by atoms with Crippen LogP contribution in [-0.2, 0) is 6.42 Å². The van der Waals surface area contributed by atoms with Crippen LogP contribution in [-0.4, -0.2) is 22.0 Å². The number of aromatic nitrogens is 2. The van der Waals surface area contributed by atoms with Crippen molar-refractivity contribution in [1.82, 2.24) is 9.97 Å². The van der Waals surface area contributed by atoms with Gasteiger partial charge in [-0.2, -0.15) is 0 Å². The number of urea groups is 1. The van der Waals surface area contributed by atoms with Gasteiger partial charge in [-0.05, 0) is 43.2 Å². The topological polar surface area (TPSA) is 61.0 Å². The predicted molar refractivity (Wildman–Crippen MR) is 87.2 cm³/mol. The Morgan fingerprint density at radius 2 is 2.18 bits per heavy atom. The zero-order valence-electron chi connectivity index (χ0n) is 12.2. The average Bonchev–Trinajstić information content (AvgIpc) is 3.09. The summed E-state index contributed by atoms with van der Waals surface area (Å²) in [6.07, 6.45) is 2.54. The summed E-state index contributed by atoms with van der Waals surface area (Å²) in [7, 11) is 0. The highest BCUT2D eigenvalue weighted by atomic mass is 16.2. The quantitative estimate of drug-likeness (QED) is 0.720. The number of hydrogen-bond donors (Lipinski definition) is 2. The molecule has 0 spiro atoms. The van der Waals surface area contributed by atoms with Gasteiger partial charge in [0.15, 0.2) is 0 Å². The van der Waals surface area contributed by atoms with E-state index in [1.165, 1.54) is 5.56 Å². The van der Waals surface area contributed by atoms with Gasteiger partial charge in [0.2, 0.25) is 0 Å². The molecule has 5 heteroatoms. The van der Waals surface area contributed by atoms with Gasteiger partial charge in [0.05, 0.1) is 17.4 Å². The summed E-state index contributed by atoms with van der Waals surface area (Å²) in [4.78, 5) is 21.7. The van der Waals surface area contributed by atoms with E-state index in [9.17, 15) is 4.79 Å². The first-order chi connectivity index (χ1) is 10.7. The molecule has 0 saturated heterocycles. The zero-order valence-corrected chi connectivity index (χ0v) is 12.2. The summed E-state index contributed by atoms with van der Waals surface area (Å²) in [5, 5.41) is 2.98. The molecule has 1 unspecified atom stereocenters. The largest absolute Gasteiger partial charge is 0.345 e. The summed E-state index contributed by atoms with van der Waals surface area (Å²) >= 11 is 0. The molecule has 1 aliphatic rings. The monoisotopic (exact) mass is 292 g/mol. The van der Waals surface area contributed by atoms with Gasteiger partial charge >= 0.3 is 6.03 Å². The van der Waals surface area contributed by atoms with E-state index in [4.69, 9.17) is 0 Å². The van der Waals surface area contributed by atoms with Gasteiger partial charge in [0.1, 0.15) is 0 Å². The van der Waals surface area contributed by atoms with Crippen molar-refractivity contribution in [2.75, 3.05) is 10.2 Å². The number of para-hydroxylation sites is 1. The Bertz CT molecular complexity index is 854. The molecule has 2 heterocycles. The van der Waals surface area contributed by atoms with Gasteiger partial charge < -0.3 is 10.3 Å². The second-order valence-electron chi connectivity index (χ2n) is 5.62. The van der Waals surface area contributed by atoms with E-state index >= 15 is 0 Å². The molecule has 0 bridgehead atoms. The van der Waals surface area contributed by atoms with Crippen LogP contribution in [0.3, 0.4) is 0 Å². The molecule has 3 aromatic rings. The summed E-state index contributed by atoms with van der Waals surface area (Å²) in [6, 6.07) is 13.8. The molecule has 0 saturated carbocycles. The van der Waals surface area contributed by atoms with Gasteiger partial charge in [0.25, 0.3) is 0 Å². The van der Waals surface area contributed by atoms with Crippen molar-refractivity contribution in [3.63, 3.8) is 0 Å². The Balaban J connectivity index is 1.62. The molecule has 2 amide bonds. The second-order valence-corrected chi connectivity index (χ2v) is 5.62. The molecule has 22 heavy (non-hydrogen) atoms. The maximum Gasteiger partial charge on any atom is 0.326 e. The molecular weight excluding hydrogens is 276 g/mol. The van der Waals surface area contributed by atoms with Crippen LogP contribution < -0.4 is 10.2 Å². The van der Waals surface area contributed by atoms with E-state index in [0.29, 0.717) is 0 Å². The number of fused-ring (bicyclic) bond motifs is 2. The molecule has 1 aromatic heterocycles. The summed E-state index contributed by atoms with van der Waals surface area (Å²) in [5.74, 6) is 0. The predicted octanol–water partition coefficient (Wildman–Crippen LogP) is 3.55. The smallest absolute Gasteiger partial charge is 0.326 e. The third kappa shape index (κ3) is 2.02. The SMILES string of the molecule is CC1Cc2ccccc2N1C(=O)Nc1ccc2nc[nH]c2c1. The molecule has 5 nitrogen and oxygen atoms in total. The second kappa shape index (κ2) is 4.87. The van der Waals surface area contributed by atoms with Crippen LogP contribution >= 0.6 is 0 Å². The fourth-order valence-electron chi connectivity index (χ4n) is 3.07. The first kappa shape index (κ1) is 12.9. The van der Waals surface area contributed by atoms with Crippen molar-refractivity contribution in [2.45, 2.75) is 19.4 Å². The fourth-order valence-corrected chi connectivity index (χ4v) is 3.07. The maximum absolute atomic E-state index is 12.7. The van der Waals surface area contributed by atoms with Gasteiger partial charge in [-0.25, -0.2) is 9.78 Å². The lowest BCUT2D eigenvalue weighted by Gasteiger charge is -2.23. The normalized spacial score (nSPS) is 16.8. The Kier molecular flexibility index (Phi) is 2.85. The molecular formula is C17H16N4O. The van der Waals surface area contributed by atoms with Crippen LogP contribution in [0.2, 0.25) is 0 Å². The highest BCUT2D eigenvalue weighted by Crippen LogP contribution is 2.32. The number of amides is 2. The van der Waals surface area contributed by atoms with E-state index in [0.717, 1.165) is 28.8 Å². The van der Waals surface area contributed by atoms with E-state index in [1.54, 1.807) is 6.33 Å². The van der Waals surface area contributed by atoms with Crippen molar-refractivity contribution in [3.8, 4) is 0 Å². The molecule has 1 aliphatic heterocycles. The minimum Gasteiger partial charge on any atom is -0.345 e. The van der Waals surface area contributed by atoms with Crippen LogP contribution in [0.5, 0.6) is 0 Å². The van der Waals surface area contributed by atoms with Crippen molar-refractivity contribution in [2.24, 2.45) is 0 Å².